The third-order valence-corrected chi connectivity index (χ3v) is 5.45. The second kappa shape index (κ2) is 5.66. The predicted octanol–water partition coefficient (Wildman–Crippen LogP) is 4.17. The fourth-order valence-corrected chi connectivity index (χ4v) is 4.31. The molecular formula is C17H21ClN2. The van der Waals surface area contributed by atoms with E-state index in [-0.39, 0.29) is 0 Å². The van der Waals surface area contributed by atoms with Crippen molar-refractivity contribution in [3.8, 4) is 6.07 Å². The van der Waals surface area contributed by atoms with E-state index >= 15 is 0 Å². The monoisotopic (exact) mass is 288 g/mol. The molecule has 0 heterocycles. The molecule has 0 N–H and O–H groups in total. The average molecular weight is 289 g/mol. The third-order valence-electron chi connectivity index (χ3n) is 5.14. The van der Waals surface area contributed by atoms with Crippen LogP contribution in [0.15, 0.2) is 18.2 Å². The van der Waals surface area contributed by atoms with Crippen molar-refractivity contribution in [1.82, 2.24) is 0 Å². The Morgan fingerprint density at radius 2 is 2.20 bits per heavy atom. The molecule has 2 aliphatic carbocycles. The van der Waals surface area contributed by atoms with Crippen LogP contribution in [0, 0.1) is 29.1 Å². The topological polar surface area (TPSA) is 27.0 Å². The van der Waals surface area contributed by atoms with Crippen molar-refractivity contribution in [2.45, 2.75) is 31.6 Å². The average Bonchev–Trinajstić information content (AvgIpc) is 3.09. The summed E-state index contributed by atoms with van der Waals surface area (Å²) in [5.41, 5.74) is 2.80. The van der Waals surface area contributed by atoms with Gasteiger partial charge in [-0.05, 0) is 54.7 Å². The summed E-state index contributed by atoms with van der Waals surface area (Å²) in [6.45, 7) is 1.08. The van der Waals surface area contributed by atoms with Gasteiger partial charge < -0.3 is 4.90 Å². The number of anilines is 1. The van der Waals surface area contributed by atoms with E-state index < -0.39 is 0 Å². The molecular weight excluding hydrogens is 268 g/mol. The van der Waals surface area contributed by atoms with E-state index in [2.05, 4.69) is 18.0 Å². The van der Waals surface area contributed by atoms with Gasteiger partial charge in [0.15, 0.2) is 0 Å². The van der Waals surface area contributed by atoms with Gasteiger partial charge in [0.25, 0.3) is 0 Å². The molecule has 2 aliphatic rings. The van der Waals surface area contributed by atoms with Crippen molar-refractivity contribution < 1.29 is 0 Å². The largest absolute Gasteiger partial charge is 0.373 e. The van der Waals surface area contributed by atoms with E-state index in [4.69, 9.17) is 11.6 Å². The van der Waals surface area contributed by atoms with Crippen molar-refractivity contribution in [2.24, 2.45) is 17.8 Å². The zero-order valence-corrected chi connectivity index (χ0v) is 12.7. The van der Waals surface area contributed by atoms with Crippen LogP contribution in [0.1, 0.15) is 36.8 Å². The highest BCUT2D eigenvalue weighted by molar-refractivity contribution is 6.17. The number of rotatable bonds is 4. The Morgan fingerprint density at radius 1 is 1.35 bits per heavy atom. The number of hydrogen-bond donors (Lipinski definition) is 0. The third kappa shape index (κ3) is 2.52. The number of benzene rings is 1. The molecule has 2 bridgehead atoms. The molecule has 2 nitrogen and oxygen atoms in total. The molecule has 2 fully saturated rings. The lowest BCUT2D eigenvalue weighted by atomic mass is 9.88. The van der Waals surface area contributed by atoms with Crippen LogP contribution >= 0.6 is 11.6 Å². The number of halogens is 1. The zero-order valence-electron chi connectivity index (χ0n) is 12.0. The summed E-state index contributed by atoms with van der Waals surface area (Å²) in [4.78, 5) is 2.27. The Bertz CT molecular complexity index is 534. The van der Waals surface area contributed by atoms with E-state index in [1.165, 1.54) is 25.7 Å². The standard InChI is InChI=1S/C17H21ClN2/c1-20(11-16-7-12-2-4-14(16)6-12)17-5-3-13(9-18)8-15(17)10-19/h3,5,8,12,14,16H,2,4,6-7,9,11H2,1H3. The normalized spacial score (nSPS) is 27.6. The van der Waals surface area contributed by atoms with Gasteiger partial charge in [0.05, 0.1) is 11.3 Å². The van der Waals surface area contributed by atoms with Gasteiger partial charge in [-0.15, -0.1) is 11.6 Å². The molecule has 3 unspecified atom stereocenters. The van der Waals surface area contributed by atoms with Gasteiger partial charge in [-0.3, -0.25) is 0 Å². The molecule has 3 atom stereocenters. The summed E-state index contributed by atoms with van der Waals surface area (Å²) in [5, 5.41) is 9.33. The van der Waals surface area contributed by atoms with E-state index in [1.54, 1.807) is 0 Å². The summed E-state index contributed by atoms with van der Waals surface area (Å²) in [7, 11) is 2.11. The van der Waals surface area contributed by atoms with Crippen molar-refractivity contribution in [3.05, 3.63) is 29.3 Å². The quantitative estimate of drug-likeness (QED) is 0.778. The first-order valence-electron chi connectivity index (χ1n) is 7.51. The highest BCUT2D eigenvalue weighted by Crippen LogP contribution is 2.48. The van der Waals surface area contributed by atoms with Crippen LogP contribution in [0.5, 0.6) is 0 Å². The Kier molecular flexibility index (Phi) is 3.89. The first kappa shape index (κ1) is 13.8. The molecule has 3 heteroatoms. The minimum absolute atomic E-state index is 0.463. The molecule has 20 heavy (non-hydrogen) atoms. The van der Waals surface area contributed by atoms with Crippen molar-refractivity contribution in [3.63, 3.8) is 0 Å². The van der Waals surface area contributed by atoms with Crippen molar-refractivity contribution in [2.75, 3.05) is 18.5 Å². The first-order valence-corrected chi connectivity index (χ1v) is 8.05. The van der Waals surface area contributed by atoms with E-state index in [0.29, 0.717) is 5.88 Å². The molecule has 0 saturated heterocycles. The smallest absolute Gasteiger partial charge is 0.101 e. The molecule has 0 aromatic heterocycles. The summed E-state index contributed by atoms with van der Waals surface area (Å²) in [6, 6.07) is 8.30. The molecule has 0 spiro atoms. The van der Waals surface area contributed by atoms with Gasteiger partial charge in [-0.1, -0.05) is 12.5 Å². The number of nitriles is 1. The van der Waals surface area contributed by atoms with Gasteiger partial charge >= 0.3 is 0 Å². The van der Waals surface area contributed by atoms with Gasteiger partial charge in [-0.25, -0.2) is 0 Å². The Morgan fingerprint density at radius 3 is 2.80 bits per heavy atom. The van der Waals surface area contributed by atoms with Crippen LogP contribution in [0.25, 0.3) is 0 Å². The molecule has 0 radical (unpaired) electrons. The first-order chi connectivity index (χ1) is 9.71. The maximum atomic E-state index is 9.33. The van der Waals surface area contributed by atoms with Gasteiger partial charge in [0.2, 0.25) is 0 Å². The fourth-order valence-electron chi connectivity index (χ4n) is 4.14. The summed E-state index contributed by atoms with van der Waals surface area (Å²) >= 11 is 5.85. The maximum Gasteiger partial charge on any atom is 0.101 e. The summed E-state index contributed by atoms with van der Waals surface area (Å²) in [6.07, 6.45) is 5.68. The Labute approximate surface area is 126 Å². The number of nitrogens with zero attached hydrogens (tertiary/aromatic N) is 2. The molecule has 1 aromatic rings. The minimum atomic E-state index is 0.463. The molecule has 0 aliphatic heterocycles. The van der Waals surface area contributed by atoms with Crippen LogP contribution in [0.3, 0.4) is 0 Å². The van der Waals surface area contributed by atoms with Gasteiger partial charge in [0, 0.05) is 19.5 Å². The van der Waals surface area contributed by atoms with Crippen LogP contribution in [-0.2, 0) is 5.88 Å². The predicted molar refractivity (Wildman–Crippen MR) is 82.9 cm³/mol. The van der Waals surface area contributed by atoms with Crippen molar-refractivity contribution >= 4 is 17.3 Å². The minimum Gasteiger partial charge on any atom is -0.373 e. The molecule has 2 saturated carbocycles. The lowest BCUT2D eigenvalue weighted by Crippen LogP contribution is -2.29. The van der Waals surface area contributed by atoms with E-state index in [0.717, 1.165) is 41.1 Å². The lowest BCUT2D eigenvalue weighted by Gasteiger charge is -2.29. The SMILES string of the molecule is CN(CC1CC2CCC1C2)c1ccc(CCl)cc1C#N. The van der Waals surface area contributed by atoms with Crippen molar-refractivity contribution in [1.29, 1.82) is 5.26 Å². The molecule has 0 amide bonds. The number of fused-ring (bicyclic) bond motifs is 2. The summed E-state index contributed by atoms with van der Waals surface area (Å²) < 4.78 is 0. The second-order valence-electron chi connectivity index (χ2n) is 6.41. The molecule has 106 valence electrons. The fraction of sp³-hybridized carbons (Fsp3) is 0.588. The zero-order chi connectivity index (χ0) is 14.1. The lowest BCUT2D eigenvalue weighted by molar-refractivity contribution is 0.337. The van der Waals surface area contributed by atoms with Gasteiger partial charge in [-0.2, -0.15) is 5.26 Å². The highest BCUT2D eigenvalue weighted by atomic mass is 35.5. The molecule has 1 aromatic carbocycles. The summed E-state index contributed by atoms with van der Waals surface area (Å²) in [5.74, 6) is 3.19. The number of hydrogen-bond acceptors (Lipinski definition) is 2. The van der Waals surface area contributed by atoms with Crippen LogP contribution < -0.4 is 4.90 Å². The Hall–Kier alpha value is -1.20. The second-order valence-corrected chi connectivity index (χ2v) is 6.68. The van der Waals surface area contributed by atoms with E-state index in [9.17, 15) is 5.26 Å². The molecule has 3 rings (SSSR count). The Balaban J connectivity index is 1.74. The van der Waals surface area contributed by atoms with Crippen LogP contribution in [0.4, 0.5) is 5.69 Å². The van der Waals surface area contributed by atoms with Crippen LogP contribution in [0.2, 0.25) is 0 Å². The highest BCUT2D eigenvalue weighted by Gasteiger charge is 2.39. The van der Waals surface area contributed by atoms with Crippen LogP contribution in [-0.4, -0.2) is 13.6 Å². The van der Waals surface area contributed by atoms with E-state index in [1.807, 2.05) is 18.2 Å². The maximum absolute atomic E-state index is 9.33. The van der Waals surface area contributed by atoms with Gasteiger partial charge in [0.1, 0.15) is 6.07 Å². The number of alkyl halides is 1.